The smallest absolute Gasteiger partial charge is 0.157 e. The highest BCUT2D eigenvalue weighted by Crippen LogP contribution is 2.22. The summed E-state index contributed by atoms with van der Waals surface area (Å²) in [6.45, 7) is 1.37. The van der Waals surface area contributed by atoms with Crippen LogP contribution in [0.3, 0.4) is 0 Å². The molecule has 0 amide bonds. The number of halogens is 2. The maximum Gasteiger partial charge on any atom is 0.157 e. The van der Waals surface area contributed by atoms with E-state index in [1.54, 1.807) is 18.2 Å². The van der Waals surface area contributed by atoms with E-state index in [1.165, 1.54) is 6.92 Å². The summed E-state index contributed by atoms with van der Waals surface area (Å²) in [4.78, 5) is 11.7. The third kappa shape index (κ3) is 3.98. The molecule has 1 aromatic rings. The summed E-state index contributed by atoms with van der Waals surface area (Å²) in [5.74, 6) is -0.392. The SMILES string of the molecule is CC(C(=O)Cc1cc(Cl)ccc1Cl)S(C)(=O)=O. The first-order valence-corrected chi connectivity index (χ1v) is 7.58. The van der Waals surface area contributed by atoms with Crippen molar-refractivity contribution in [2.75, 3.05) is 6.26 Å². The van der Waals surface area contributed by atoms with Gasteiger partial charge in [0.1, 0.15) is 5.25 Å². The second-order valence-corrected chi connectivity index (χ2v) is 7.06. The predicted molar refractivity (Wildman–Crippen MR) is 69.5 cm³/mol. The zero-order valence-electron chi connectivity index (χ0n) is 9.41. The molecule has 0 bridgehead atoms. The van der Waals surface area contributed by atoms with Crippen LogP contribution in [-0.4, -0.2) is 25.7 Å². The molecule has 0 saturated heterocycles. The zero-order valence-corrected chi connectivity index (χ0v) is 11.7. The van der Waals surface area contributed by atoms with E-state index in [-0.39, 0.29) is 6.42 Å². The molecule has 0 aliphatic rings. The van der Waals surface area contributed by atoms with Gasteiger partial charge in [-0.15, -0.1) is 0 Å². The lowest BCUT2D eigenvalue weighted by atomic mass is 10.1. The maximum atomic E-state index is 11.7. The maximum absolute atomic E-state index is 11.7. The van der Waals surface area contributed by atoms with Crippen molar-refractivity contribution in [3.05, 3.63) is 33.8 Å². The van der Waals surface area contributed by atoms with E-state index in [1.807, 2.05) is 0 Å². The van der Waals surface area contributed by atoms with Gasteiger partial charge in [-0.05, 0) is 30.7 Å². The molecule has 0 aromatic heterocycles. The van der Waals surface area contributed by atoms with Crippen molar-refractivity contribution in [3.8, 4) is 0 Å². The first-order valence-electron chi connectivity index (χ1n) is 4.87. The first-order chi connectivity index (χ1) is 7.71. The van der Waals surface area contributed by atoms with Gasteiger partial charge in [0.2, 0.25) is 0 Å². The number of Topliss-reactive ketones (excluding diaryl/α,β-unsaturated/α-hetero) is 1. The highest BCUT2D eigenvalue weighted by Gasteiger charge is 2.23. The first kappa shape index (κ1) is 14.5. The van der Waals surface area contributed by atoms with Gasteiger partial charge in [-0.1, -0.05) is 23.2 Å². The quantitative estimate of drug-likeness (QED) is 0.857. The van der Waals surface area contributed by atoms with Crippen molar-refractivity contribution < 1.29 is 13.2 Å². The van der Waals surface area contributed by atoms with Crippen LogP contribution < -0.4 is 0 Å². The lowest BCUT2D eigenvalue weighted by Gasteiger charge is -2.09. The minimum absolute atomic E-state index is 0.0341. The van der Waals surface area contributed by atoms with Crippen molar-refractivity contribution in [2.24, 2.45) is 0 Å². The fraction of sp³-hybridized carbons (Fsp3) is 0.364. The van der Waals surface area contributed by atoms with Crippen molar-refractivity contribution in [1.82, 2.24) is 0 Å². The van der Waals surface area contributed by atoms with E-state index in [9.17, 15) is 13.2 Å². The summed E-state index contributed by atoms with van der Waals surface area (Å²) in [6, 6.07) is 4.76. The van der Waals surface area contributed by atoms with Crippen molar-refractivity contribution in [3.63, 3.8) is 0 Å². The fourth-order valence-electron chi connectivity index (χ4n) is 1.25. The summed E-state index contributed by atoms with van der Waals surface area (Å²) >= 11 is 11.7. The molecule has 17 heavy (non-hydrogen) atoms. The molecule has 3 nitrogen and oxygen atoms in total. The largest absolute Gasteiger partial charge is 0.298 e. The van der Waals surface area contributed by atoms with Gasteiger partial charge in [-0.25, -0.2) is 8.42 Å². The van der Waals surface area contributed by atoms with Gasteiger partial charge < -0.3 is 0 Å². The molecule has 0 aliphatic carbocycles. The molecule has 0 heterocycles. The van der Waals surface area contributed by atoms with E-state index in [0.717, 1.165) is 6.26 Å². The summed E-state index contributed by atoms with van der Waals surface area (Å²) in [7, 11) is -3.37. The van der Waals surface area contributed by atoms with Crippen molar-refractivity contribution >= 4 is 38.8 Å². The Morgan fingerprint density at radius 2 is 1.94 bits per heavy atom. The van der Waals surface area contributed by atoms with Crippen LogP contribution in [0.2, 0.25) is 10.0 Å². The van der Waals surface area contributed by atoms with E-state index >= 15 is 0 Å². The molecule has 0 aliphatic heterocycles. The molecule has 0 fully saturated rings. The molecule has 0 saturated carbocycles. The van der Waals surface area contributed by atoms with Crippen LogP contribution in [0.25, 0.3) is 0 Å². The standard InChI is InChI=1S/C11H12Cl2O3S/c1-7(17(2,15)16)11(14)6-8-5-9(12)3-4-10(8)13/h3-5,7H,6H2,1-2H3. The van der Waals surface area contributed by atoms with Crippen LogP contribution >= 0.6 is 23.2 Å². The number of hydrogen-bond acceptors (Lipinski definition) is 3. The van der Waals surface area contributed by atoms with Gasteiger partial charge in [0, 0.05) is 22.7 Å². The van der Waals surface area contributed by atoms with Gasteiger partial charge in [-0.2, -0.15) is 0 Å². The second-order valence-electron chi connectivity index (χ2n) is 3.85. The summed E-state index contributed by atoms with van der Waals surface area (Å²) in [5.41, 5.74) is 0.541. The molecular formula is C11H12Cl2O3S. The average molecular weight is 295 g/mol. The van der Waals surface area contributed by atoms with E-state index in [4.69, 9.17) is 23.2 Å². The minimum Gasteiger partial charge on any atom is -0.298 e. The Kier molecular flexibility index (Phi) is 4.58. The molecule has 94 valence electrons. The van der Waals surface area contributed by atoms with Crippen LogP contribution in [0, 0.1) is 0 Å². The molecule has 1 atom stereocenters. The Balaban J connectivity index is 2.92. The van der Waals surface area contributed by atoms with Crippen LogP contribution in [0.1, 0.15) is 12.5 Å². The van der Waals surface area contributed by atoms with Crippen LogP contribution in [-0.2, 0) is 21.1 Å². The van der Waals surface area contributed by atoms with Crippen molar-refractivity contribution in [2.45, 2.75) is 18.6 Å². The lowest BCUT2D eigenvalue weighted by molar-refractivity contribution is -0.117. The highest BCUT2D eigenvalue weighted by atomic mass is 35.5. The van der Waals surface area contributed by atoms with E-state index < -0.39 is 20.9 Å². The summed E-state index contributed by atoms with van der Waals surface area (Å²) in [6.07, 6.45) is 1.00. The van der Waals surface area contributed by atoms with Crippen LogP contribution in [0.15, 0.2) is 18.2 Å². The van der Waals surface area contributed by atoms with Crippen molar-refractivity contribution in [1.29, 1.82) is 0 Å². The van der Waals surface area contributed by atoms with Gasteiger partial charge in [0.05, 0.1) is 0 Å². The van der Waals surface area contributed by atoms with Gasteiger partial charge in [0.25, 0.3) is 0 Å². The number of carbonyl (C=O) groups is 1. The molecule has 6 heteroatoms. The molecule has 1 aromatic carbocycles. The Labute approximate surface area is 111 Å². The number of sulfone groups is 1. The third-order valence-electron chi connectivity index (χ3n) is 2.47. The van der Waals surface area contributed by atoms with Gasteiger partial charge >= 0.3 is 0 Å². The van der Waals surface area contributed by atoms with Crippen LogP contribution in [0.5, 0.6) is 0 Å². The number of carbonyl (C=O) groups excluding carboxylic acids is 1. The number of hydrogen-bond donors (Lipinski definition) is 0. The summed E-state index contributed by atoms with van der Waals surface area (Å²) in [5, 5.41) is -0.162. The highest BCUT2D eigenvalue weighted by molar-refractivity contribution is 7.92. The number of ketones is 1. The molecular weight excluding hydrogens is 283 g/mol. The van der Waals surface area contributed by atoms with Gasteiger partial charge in [-0.3, -0.25) is 4.79 Å². The normalized spacial score (nSPS) is 13.4. The Morgan fingerprint density at radius 3 is 2.47 bits per heavy atom. The molecule has 1 rings (SSSR count). The Morgan fingerprint density at radius 1 is 1.35 bits per heavy atom. The number of rotatable bonds is 4. The topological polar surface area (TPSA) is 51.2 Å². The second kappa shape index (κ2) is 5.38. The Bertz CT molecular complexity index is 538. The monoisotopic (exact) mass is 294 g/mol. The van der Waals surface area contributed by atoms with E-state index in [0.29, 0.717) is 15.6 Å². The zero-order chi connectivity index (χ0) is 13.2. The minimum atomic E-state index is -3.37. The van der Waals surface area contributed by atoms with Gasteiger partial charge in [0.15, 0.2) is 15.6 Å². The molecule has 0 spiro atoms. The fourth-order valence-corrected chi connectivity index (χ4v) is 2.19. The Hall–Kier alpha value is -0.580. The summed E-state index contributed by atoms with van der Waals surface area (Å²) < 4.78 is 22.5. The average Bonchev–Trinajstić information content (AvgIpc) is 2.21. The third-order valence-corrected chi connectivity index (χ3v) is 4.62. The predicted octanol–water partition coefficient (Wildman–Crippen LogP) is 2.54. The van der Waals surface area contributed by atoms with E-state index in [2.05, 4.69) is 0 Å². The van der Waals surface area contributed by atoms with Crippen LogP contribution in [0.4, 0.5) is 0 Å². The molecule has 1 unspecified atom stereocenters. The number of benzene rings is 1. The lowest BCUT2D eigenvalue weighted by Crippen LogP contribution is -2.27. The molecule has 0 N–H and O–H groups in total. The molecule has 0 radical (unpaired) electrons.